The third-order valence-corrected chi connectivity index (χ3v) is 3.93. The van der Waals surface area contributed by atoms with E-state index >= 15 is 0 Å². The van der Waals surface area contributed by atoms with Crippen molar-refractivity contribution >= 4 is 11.6 Å². The number of nitrogens with one attached hydrogen (secondary N) is 1. The number of halogens is 2. The van der Waals surface area contributed by atoms with Crippen LogP contribution < -0.4 is 5.32 Å². The summed E-state index contributed by atoms with van der Waals surface area (Å²) in [5, 5.41) is 3.89. The molecular formula is C15H21ClFNO. The summed E-state index contributed by atoms with van der Waals surface area (Å²) in [7, 11) is 0. The number of ether oxygens (including phenoxy) is 1. The Hall–Kier alpha value is -0.640. The average Bonchev–Trinajstić information content (AvgIpc) is 2.82. The quantitative estimate of drug-likeness (QED) is 0.809. The van der Waals surface area contributed by atoms with Gasteiger partial charge in [0.2, 0.25) is 0 Å². The van der Waals surface area contributed by atoms with E-state index in [-0.39, 0.29) is 11.2 Å². The van der Waals surface area contributed by atoms with Crippen LogP contribution in [0.1, 0.15) is 25.3 Å². The summed E-state index contributed by atoms with van der Waals surface area (Å²) in [6.07, 6.45) is 2.78. The fourth-order valence-electron chi connectivity index (χ4n) is 2.59. The van der Waals surface area contributed by atoms with Gasteiger partial charge in [0.25, 0.3) is 0 Å². The van der Waals surface area contributed by atoms with E-state index in [0.717, 1.165) is 38.1 Å². The van der Waals surface area contributed by atoms with E-state index in [1.807, 2.05) is 0 Å². The van der Waals surface area contributed by atoms with Crippen LogP contribution in [0.4, 0.5) is 4.39 Å². The molecule has 1 atom stereocenters. The number of hydrogen-bond donors (Lipinski definition) is 1. The molecule has 0 amide bonds. The Morgan fingerprint density at radius 3 is 2.95 bits per heavy atom. The van der Waals surface area contributed by atoms with Gasteiger partial charge in [0.1, 0.15) is 5.82 Å². The third kappa shape index (κ3) is 3.91. The van der Waals surface area contributed by atoms with Crippen molar-refractivity contribution < 1.29 is 9.13 Å². The standard InChI is InChI=1S/C15H21ClFNO/c1-2-6-18-10-15(5-7-19-11-15)9-12-3-4-13(16)8-14(12)17/h3-4,8,18H,2,5-7,9-11H2,1H3. The van der Waals surface area contributed by atoms with Crippen molar-refractivity contribution in [2.24, 2.45) is 5.41 Å². The Balaban J connectivity index is 2.07. The normalized spacial score (nSPS) is 22.9. The highest BCUT2D eigenvalue weighted by atomic mass is 35.5. The first kappa shape index (κ1) is 14.8. The van der Waals surface area contributed by atoms with Crippen LogP contribution in [0.3, 0.4) is 0 Å². The molecule has 1 aliphatic rings. The summed E-state index contributed by atoms with van der Waals surface area (Å²) in [6.45, 7) is 5.48. The van der Waals surface area contributed by atoms with E-state index in [1.54, 1.807) is 12.1 Å². The molecule has 1 unspecified atom stereocenters. The molecule has 0 aromatic heterocycles. The second-order valence-corrected chi connectivity index (χ2v) is 5.83. The van der Waals surface area contributed by atoms with Crippen LogP contribution in [0.5, 0.6) is 0 Å². The van der Waals surface area contributed by atoms with Crippen LogP contribution in [-0.2, 0) is 11.2 Å². The molecule has 4 heteroatoms. The zero-order chi connectivity index (χ0) is 13.7. The van der Waals surface area contributed by atoms with Crippen molar-refractivity contribution in [3.63, 3.8) is 0 Å². The molecule has 1 aromatic rings. The average molecular weight is 286 g/mol. The molecule has 106 valence electrons. The predicted octanol–water partition coefficient (Wildman–Crippen LogP) is 3.43. The summed E-state index contributed by atoms with van der Waals surface area (Å²) in [5.74, 6) is -0.214. The summed E-state index contributed by atoms with van der Waals surface area (Å²) in [5.41, 5.74) is 0.748. The Bertz CT molecular complexity index is 419. The first-order chi connectivity index (χ1) is 9.15. The van der Waals surface area contributed by atoms with Crippen LogP contribution in [0, 0.1) is 11.2 Å². The number of benzene rings is 1. The lowest BCUT2D eigenvalue weighted by molar-refractivity contribution is 0.149. The maximum absolute atomic E-state index is 13.9. The predicted molar refractivity (Wildman–Crippen MR) is 76.1 cm³/mol. The maximum atomic E-state index is 13.9. The summed E-state index contributed by atoms with van der Waals surface area (Å²) >= 11 is 5.79. The molecule has 1 heterocycles. The van der Waals surface area contributed by atoms with Gasteiger partial charge in [0, 0.05) is 23.6 Å². The lowest BCUT2D eigenvalue weighted by atomic mass is 9.80. The van der Waals surface area contributed by atoms with Crippen molar-refractivity contribution in [1.29, 1.82) is 0 Å². The molecule has 0 aliphatic carbocycles. The van der Waals surface area contributed by atoms with E-state index in [9.17, 15) is 4.39 Å². The topological polar surface area (TPSA) is 21.3 Å². The van der Waals surface area contributed by atoms with E-state index in [2.05, 4.69) is 12.2 Å². The minimum atomic E-state index is -0.214. The summed E-state index contributed by atoms with van der Waals surface area (Å²) < 4.78 is 19.5. The largest absolute Gasteiger partial charge is 0.381 e. The monoisotopic (exact) mass is 285 g/mol. The van der Waals surface area contributed by atoms with Crippen molar-refractivity contribution in [2.45, 2.75) is 26.2 Å². The van der Waals surface area contributed by atoms with Gasteiger partial charge in [0.05, 0.1) is 6.61 Å². The molecule has 2 nitrogen and oxygen atoms in total. The van der Waals surface area contributed by atoms with Crippen LogP contribution in [-0.4, -0.2) is 26.3 Å². The second-order valence-electron chi connectivity index (χ2n) is 5.39. The molecule has 1 aliphatic heterocycles. The highest BCUT2D eigenvalue weighted by Crippen LogP contribution is 2.33. The molecule has 0 saturated carbocycles. The first-order valence-corrected chi connectivity index (χ1v) is 7.25. The highest BCUT2D eigenvalue weighted by Gasteiger charge is 2.35. The smallest absolute Gasteiger partial charge is 0.127 e. The lowest BCUT2D eigenvalue weighted by Gasteiger charge is -2.28. The maximum Gasteiger partial charge on any atom is 0.127 e. The van der Waals surface area contributed by atoms with E-state index in [0.29, 0.717) is 18.1 Å². The molecule has 1 aromatic carbocycles. The van der Waals surface area contributed by atoms with Crippen molar-refractivity contribution in [3.05, 3.63) is 34.6 Å². The SMILES string of the molecule is CCCNCC1(Cc2ccc(Cl)cc2F)CCOC1. The zero-order valence-electron chi connectivity index (χ0n) is 11.3. The number of hydrogen-bond acceptors (Lipinski definition) is 2. The van der Waals surface area contributed by atoms with E-state index in [1.165, 1.54) is 6.07 Å². The van der Waals surface area contributed by atoms with Crippen molar-refractivity contribution in [2.75, 3.05) is 26.3 Å². The number of rotatable bonds is 6. The summed E-state index contributed by atoms with van der Waals surface area (Å²) in [6, 6.07) is 4.93. The van der Waals surface area contributed by atoms with Gasteiger partial charge in [-0.1, -0.05) is 24.6 Å². The van der Waals surface area contributed by atoms with Crippen LogP contribution in [0.15, 0.2) is 18.2 Å². The Morgan fingerprint density at radius 2 is 2.32 bits per heavy atom. The van der Waals surface area contributed by atoms with E-state index < -0.39 is 0 Å². The summed E-state index contributed by atoms with van der Waals surface area (Å²) in [4.78, 5) is 0. The van der Waals surface area contributed by atoms with Crippen molar-refractivity contribution in [3.8, 4) is 0 Å². The molecule has 1 N–H and O–H groups in total. The molecule has 1 saturated heterocycles. The fraction of sp³-hybridized carbons (Fsp3) is 0.600. The van der Waals surface area contributed by atoms with Gasteiger partial charge in [-0.15, -0.1) is 0 Å². The fourth-order valence-corrected chi connectivity index (χ4v) is 2.75. The van der Waals surface area contributed by atoms with Gasteiger partial charge in [-0.25, -0.2) is 4.39 Å². The molecule has 19 heavy (non-hydrogen) atoms. The minimum absolute atomic E-state index is 0.0177. The van der Waals surface area contributed by atoms with Gasteiger partial charge in [0.15, 0.2) is 0 Å². The molecule has 1 fully saturated rings. The Morgan fingerprint density at radius 1 is 1.47 bits per heavy atom. The van der Waals surface area contributed by atoms with Gasteiger partial charge >= 0.3 is 0 Å². The lowest BCUT2D eigenvalue weighted by Crippen LogP contribution is -2.37. The molecule has 0 radical (unpaired) electrons. The van der Waals surface area contributed by atoms with Gasteiger partial charge in [-0.3, -0.25) is 0 Å². The second kappa shape index (κ2) is 6.69. The van der Waals surface area contributed by atoms with Crippen LogP contribution >= 0.6 is 11.6 Å². The molecule has 0 spiro atoms. The Kier molecular flexibility index (Phi) is 5.20. The molecule has 2 rings (SSSR count). The Labute approximate surface area is 119 Å². The van der Waals surface area contributed by atoms with Crippen molar-refractivity contribution in [1.82, 2.24) is 5.32 Å². The zero-order valence-corrected chi connectivity index (χ0v) is 12.1. The highest BCUT2D eigenvalue weighted by molar-refractivity contribution is 6.30. The van der Waals surface area contributed by atoms with E-state index in [4.69, 9.17) is 16.3 Å². The molecule has 0 bridgehead atoms. The van der Waals surface area contributed by atoms with Gasteiger partial charge < -0.3 is 10.1 Å². The molecular weight excluding hydrogens is 265 g/mol. The third-order valence-electron chi connectivity index (χ3n) is 3.69. The minimum Gasteiger partial charge on any atom is -0.381 e. The van der Waals surface area contributed by atoms with Gasteiger partial charge in [-0.2, -0.15) is 0 Å². The van der Waals surface area contributed by atoms with Crippen LogP contribution in [0.2, 0.25) is 5.02 Å². The van der Waals surface area contributed by atoms with Crippen LogP contribution in [0.25, 0.3) is 0 Å². The van der Waals surface area contributed by atoms with Gasteiger partial charge in [-0.05, 0) is 43.5 Å². The first-order valence-electron chi connectivity index (χ1n) is 6.88.